The summed E-state index contributed by atoms with van der Waals surface area (Å²) in [6.07, 6.45) is 4.66. The van der Waals surface area contributed by atoms with Crippen LogP contribution in [0.15, 0.2) is 18.2 Å². The third-order valence-corrected chi connectivity index (χ3v) is 4.44. The highest BCUT2D eigenvalue weighted by Gasteiger charge is 2.33. The molecule has 0 aliphatic heterocycles. The molecule has 5 nitrogen and oxygen atoms in total. The van der Waals surface area contributed by atoms with Crippen molar-refractivity contribution in [2.45, 2.75) is 25.7 Å². The van der Waals surface area contributed by atoms with Gasteiger partial charge in [0.15, 0.2) is 0 Å². The standard InChI is InChI=1S/C15H17ClN2O3/c16-14-12(2-1-3-13(14)18(20)21)15(19)17(8-10-4-5-10)9-11-6-7-11/h1-3,10-11H,4-9H2. The van der Waals surface area contributed by atoms with Crippen LogP contribution in [0.1, 0.15) is 36.0 Å². The van der Waals surface area contributed by atoms with Crippen molar-refractivity contribution in [3.63, 3.8) is 0 Å². The summed E-state index contributed by atoms with van der Waals surface area (Å²) in [7, 11) is 0. The van der Waals surface area contributed by atoms with Crippen LogP contribution < -0.4 is 0 Å². The summed E-state index contributed by atoms with van der Waals surface area (Å²) in [4.78, 5) is 24.9. The minimum Gasteiger partial charge on any atom is -0.338 e. The second kappa shape index (κ2) is 5.64. The van der Waals surface area contributed by atoms with E-state index in [1.54, 1.807) is 6.07 Å². The van der Waals surface area contributed by atoms with Gasteiger partial charge in [0.2, 0.25) is 0 Å². The maximum Gasteiger partial charge on any atom is 0.288 e. The van der Waals surface area contributed by atoms with E-state index in [1.807, 2.05) is 4.90 Å². The van der Waals surface area contributed by atoms with E-state index in [2.05, 4.69) is 0 Å². The van der Waals surface area contributed by atoms with Crippen molar-refractivity contribution in [2.75, 3.05) is 13.1 Å². The van der Waals surface area contributed by atoms with E-state index in [-0.39, 0.29) is 22.2 Å². The fourth-order valence-electron chi connectivity index (χ4n) is 2.46. The smallest absolute Gasteiger partial charge is 0.288 e. The summed E-state index contributed by atoms with van der Waals surface area (Å²) in [6, 6.07) is 4.42. The molecule has 2 saturated carbocycles. The second-order valence-electron chi connectivity index (χ2n) is 5.99. The van der Waals surface area contributed by atoms with Crippen LogP contribution >= 0.6 is 11.6 Å². The Morgan fingerprint density at radius 1 is 1.24 bits per heavy atom. The van der Waals surface area contributed by atoms with E-state index < -0.39 is 4.92 Å². The molecule has 1 aromatic carbocycles. The van der Waals surface area contributed by atoms with E-state index in [9.17, 15) is 14.9 Å². The van der Waals surface area contributed by atoms with Crippen molar-refractivity contribution in [3.05, 3.63) is 38.9 Å². The lowest BCUT2D eigenvalue weighted by atomic mass is 10.1. The molecular formula is C15H17ClN2O3. The van der Waals surface area contributed by atoms with Crippen molar-refractivity contribution in [2.24, 2.45) is 11.8 Å². The van der Waals surface area contributed by atoms with Gasteiger partial charge in [0.25, 0.3) is 11.6 Å². The van der Waals surface area contributed by atoms with Crippen molar-refractivity contribution < 1.29 is 9.72 Å². The fraction of sp³-hybridized carbons (Fsp3) is 0.533. The third kappa shape index (κ3) is 3.35. The zero-order valence-corrected chi connectivity index (χ0v) is 12.4. The molecule has 0 aromatic heterocycles. The van der Waals surface area contributed by atoms with Crippen LogP contribution in [0.4, 0.5) is 5.69 Å². The maximum absolute atomic E-state index is 12.7. The average molecular weight is 309 g/mol. The number of nitrogens with zero attached hydrogens (tertiary/aromatic N) is 2. The summed E-state index contributed by atoms with van der Waals surface area (Å²) in [5.74, 6) is 0.998. The molecule has 1 amide bonds. The number of hydrogen-bond donors (Lipinski definition) is 0. The van der Waals surface area contributed by atoms with Crippen LogP contribution in [0, 0.1) is 22.0 Å². The van der Waals surface area contributed by atoms with Gasteiger partial charge in [0, 0.05) is 19.2 Å². The second-order valence-corrected chi connectivity index (χ2v) is 6.37. The molecule has 0 heterocycles. The number of halogens is 1. The van der Waals surface area contributed by atoms with Crippen LogP contribution in [0.5, 0.6) is 0 Å². The van der Waals surface area contributed by atoms with Crippen molar-refractivity contribution in [3.8, 4) is 0 Å². The first kappa shape index (κ1) is 14.3. The predicted molar refractivity (Wildman–Crippen MR) is 79.5 cm³/mol. The molecule has 21 heavy (non-hydrogen) atoms. The Bertz CT molecular complexity index is 568. The van der Waals surface area contributed by atoms with E-state index >= 15 is 0 Å². The minimum absolute atomic E-state index is 0.0518. The average Bonchev–Trinajstić information content (AvgIpc) is 3.32. The molecule has 0 bridgehead atoms. The number of carbonyl (C=O) groups is 1. The monoisotopic (exact) mass is 308 g/mol. The summed E-state index contributed by atoms with van der Waals surface area (Å²) >= 11 is 6.06. The quantitative estimate of drug-likeness (QED) is 0.596. The predicted octanol–water partition coefficient (Wildman–Crippen LogP) is 3.51. The molecule has 0 radical (unpaired) electrons. The number of nitro benzene ring substituents is 1. The SMILES string of the molecule is O=C(c1cccc([N+](=O)[O-])c1Cl)N(CC1CC1)CC1CC1. The van der Waals surface area contributed by atoms with Gasteiger partial charge in [-0.15, -0.1) is 0 Å². The maximum atomic E-state index is 12.7. The number of nitro groups is 1. The van der Waals surface area contributed by atoms with Gasteiger partial charge >= 0.3 is 0 Å². The lowest BCUT2D eigenvalue weighted by Crippen LogP contribution is -2.35. The van der Waals surface area contributed by atoms with E-state index in [4.69, 9.17) is 11.6 Å². The Hall–Kier alpha value is -1.62. The van der Waals surface area contributed by atoms with Gasteiger partial charge in [-0.3, -0.25) is 14.9 Å². The molecular weight excluding hydrogens is 292 g/mol. The molecule has 2 aliphatic carbocycles. The molecule has 0 saturated heterocycles. The van der Waals surface area contributed by atoms with Crippen LogP contribution in [0.2, 0.25) is 5.02 Å². The molecule has 2 fully saturated rings. The minimum atomic E-state index is -0.550. The fourth-order valence-corrected chi connectivity index (χ4v) is 2.74. The van der Waals surface area contributed by atoms with E-state index in [0.29, 0.717) is 11.8 Å². The Kier molecular flexibility index (Phi) is 3.85. The molecule has 1 aromatic rings. The van der Waals surface area contributed by atoms with Gasteiger partial charge < -0.3 is 4.90 Å². The van der Waals surface area contributed by atoms with Gasteiger partial charge in [-0.1, -0.05) is 17.7 Å². The molecule has 0 N–H and O–H groups in total. The Labute approximate surface area is 128 Å². The Morgan fingerprint density at radius 2 is 1.81 bits per heavy atom. The molecule has 2 aliphatic rings. The Morgan fingerprint density at radius 3 is 2.29 bits per heavy atom. The van der Waals surface area contributed by atoms with Crippen LogP contribution in [0.3, 0.4) is 0 Å². The first-order chi connectivity index (χ1) is 10.1. The van der Waals surface area contributed by atoms with Crippen LogP contribution in [-0.2, 0) is 0 Å². The Balaban J connectivity index is 1.83. The summed E-state index contributed by atoms with van der Waals surface area (Å²) in [6.45, 7) is 1.49. The van der Waals surface area contributed by atoms with Crippen LogP contribution in [-0.4, -0.2) is 28.8 Å². The normalized spacial score (nSPS) is 17.6. The van der Waals surface area contributed by atoms with Gasteiger partial charge in [0.05, 0.1) is 10.5 Å². The van der Waals surface area contributed by atoms with Crippen molar-refractivity contribution >= 4 is 23.2 Å². The summed E-state index contributed by atoms with van der Waals surface area (Å²) < 4.78 is 0. The summed E-state index contributed by atoms with van der Waals surface area (Å²) in [5, 5.41) is 10.9. The van der Waals surface area contributed by atoms with E-state index in [0.717, 1.165) is 38.8 Å². The van der Waals surface area contributed by atoms with E-state index in [1.165, 1.54) is 12.1 Å². The highest BCUT2D eigenvalue weighted by atomic mass is 35.5. The zero-order chi connectivity index (χ0) is 15.0. The molecule has 0 atom stereocenters. The first-order valence-corrected chi connectivity index (χ1v) is 7.66. The van der Waals surface area contributed by atoms with Gasteiger partial charge in [-0.05, 0) is 43.6 Å². The number of hydrogen-bond acceptors (Lipinski definition) is 3. The third-order valence-electron chi connectivity index (χ3n) is 4.04. The first-order valence-electron chi connectivity index (χ1n) is 7.28. The van der Waals surface area contributed by atoms with Gasteiger partial charge in [0.1, 0.15) is 5.02 Å². The lowest BCUT2D eigenvalue weighted by molar-refractivity contribution is -0.384. The number of amides is 1. The van der Waals surface area contributed by atoms with Crippen molar-refractivity contribution in [1.29, 1.82) is 0 Å². The zero-order valence-electron chi connectivity index (χ0n) is 11.6. The van der Waals surface area contributed by atoms with Gasteiger partial charge in [-0.25, -0.2) is 0 Å². The van der Waals surface area contributed by atoms with Crippen LogP contribution in [0.25, 0.3) is 0 Å². The number of benzene rings is 1. The summed E-state index contributed by atoms with van der Waals surface area (Å²) in [5.41, 5.74) is 0.0347. The number of rotatable bonds is 6. The van der Waals surface area contributed by atoms with Gasteiger partial charge in [-0.2, -0.15) is 0 Å². The lowest BCUT2D eigenvalue weighted by Gasteiger charge is -2.23. The molecule has 0 spiro atoms. The number of carbonyl (C=O) groups excluding carboxylic acids is 1. The highest BCUT2D eigenvalue weighted by molar-refractivity contribution is 6.35. The molecule has 0 unspecified atom stereocenters. The van der Waals surface area contributed by atoms with Crippen molar-refractivity contribution in [1.82, 2.24) is 4.90 Å². The highest BCUT2D eigenvalue weighted by Crippen LogP contribution is 2.35. The molecule has 112 valence electrons. The largest absolute Gasteiger partial charge is 0.338 e. The topological polar surface area (TPSA) is 63.4 Å². The molecule has 6 heteroatoms. The molecule has 3 rings (SSSR count).